The molecule has 0 spiro atoms. The summed E-state index contributed by atoms with van der Waals surface area (Å²) >= 11 is 0. The highest BCUT2D eigenvalue weighted by Gasteiger charge is 2.19. The van der Waals surface area contributed by atoms with Gasteiger partial charge in [0, 0.05) is 31.4 Å². The normalized spacial score (nSPS) is 10.7. The smallest absolute Gasteiger partial charge is 0.319 e. The van der Waals surface area contributed by atoms with Crippen molar-refractivity contribution in [1.29, 1.82) is 0 Å². The summed E-state index contributed by atoms with van der Waals surface area (Å²) in [5, 5.41) is 6.37. The summed E-state index contributed by atoms with van der Waals surface area (Å²) in [4.78, 5) is 34.8. The van der Waals surface area contributed by atoms with Crippen LogP contribution in [0.2, 0.25) is 0 Å². The van der Waals surface area contributed by atoms with E-state index in [1.54, 1.807) is 24.4 Å². The number of rotatable bonds is 7. The van der Waals surface area contributed by atoms with Gasteiger partial charge in [-0.05, 0) is 44.0 Å². The van der Waals surface area contributed by atoms with Crippen molar-refractivity contribution in [3.63, 3.8) is 0 Å². The van der Waals surface area contributed by atoms with Crippen LogP contribution >= 0.6 is 0 Å². The first kappa shape index (κ1) is 21.2. The van der Waals surface area contributed by atoms with E-state index in [1.165, 1.54) is 0 Å². The fourth-order valence-electron chi connectivity index (χ4n) is 3.37. The van der Waals surface area contributed by atoms with Crippen molar-refractivity contribution in [2.45, 2.75) is 20.8 Å². The van der Waals surface area contributed by atoms with E-state index >= 15 is 0 Å². The zero-order chi connectivity index (χ0) is 21.7. The number of benzene rings is 1. The van der Waals surface area contributed by atoms with Gasteiger partial charge in [-0.2, -0.15) is 0 Å². The van der Waals surface area contributed by atoms with Crippen LogP contribution in [0.3, 0.4) is 0 Å². The molecule has 2 aromatic heterocycles. The number of carbonyl (C=O) groups is 2. The first-order chi connectivity index (χ1) is 14.5. The van der Waals surface area contributed by atoms with Gasteiger partial charge >= 0.3 is 6.03 Å². The number of nitrogens with one attached hydrogen (secondary N) is 2. The summed E-state index contributed by atoms with van der Waals surface area (Å²) in [5.74, 6) is 0. The number of fused-ring (bicyclic) bond motifs is 1. The summed E-state index contributed by atoms with van der Waals surface area (Å²) in [7, 11) is 1.58. The van der Waals surface area contributed by atoms with Crippen LogP contribution in [-0.2, 0) is 9.53 Å². The molecule has 0 aliphatic carbocycles. The lowest BCUT2D eigenvalue weighted by molar-refractivity contribution is -0.106. The van der Waals surface area contributed by atoms with E-state index in [9.17, 15) is 9.59 Å². The number of hydrogen-bond donors (Lipinski definition) is 2. The van der Waals surface area contributed by atoms with E-state index in [0.717, 1.165) is 28.6 Å². The minimum absolute atomic E-state index is 0.334. The molecule has 2 heterocycles. The molecule has 0 saturated carbocycles. The number of amides is 3. The number of aryl methyl sites for hydroxylation is 3. The van der Waals surface area contributed by atoms with Gasteiger partial charge in [0.15, 0.2) is 0 Å². The third-order valence-electron chi connectivity index (χ3n) is 4.81. The van der Waals surface area contributed by atoms with Gasteiger partial charge in [0.1, 0.15) is 0 Å². The molecule has 3 aromatic rings. The molecule has 30 heavy (non-hydrogen) atoms. The van der Waals surface area contributed by atoms with Gasteiger partial charge in [-0.1, -0.05) is 12.1 Å². The fraction of sp³-hybridized carbons (Fsp3) is 0.273. The zero-order valence-electron chi connectivity index (χ0n) is 17.5. The third kappa shape index (κ3) is 4.23. The first-order valence-corrected chi connectivity index (χ1v) is 9.56. The average molecular weight is 407 g/mol. The molecular weight excluding hydrogens is 382 g/mol. The topological polar surface area (TPSA) is 96.5 Å². The Morgan fingerprint density at radius 1 is 1.17 bits per heavy atom. The largest absolute Gasteiger partial charge is 0.383 e. The second-order valence-corrected chi connectivity index (χ2v) is 6.90. The van der Waals surface area contributed by atoms with Gasteiger partial charge in [0.2, 0.25) is 6.41 Å². The Balaban J connectivity index is 2.08. The Morgan fingerprint density at radius 2 is 1.97 bits per heavy atom. The lowest BCUT2D eigenvalue weighted by Gasteiger charge is -2.23. The number of methoxy groups -OCH3 is 1. The van der Waals surface area contributed by atoms with E-state index in [2.05, 4.69) is 20.6 Å². The summed E-state index contributed by atoms with van der Waals surface area (Å²) < 4.78 is 4.96. The SMILES string of the molecule is COCCNC(=O)Nc1c(C)cnc2c(N(C=O)c3c(C)ccnc3C)cccc12. The predicted octanol–water partition coefficient (Wildman–Crippen LogP) is 3.62. The molecule has 156 valence electrons. The lowest BCUT2D eigenvalue weighted by atomic mass is 10.1. The number of anilines is 3. The van der Waals surface area contributed by atoms with Crippen molar-refractivity contribution in [3.8, 4) is 0 Å². The minimum atomic E-state index is -0.334. The van der Waals surface area contributed by atoms with Crippen molar-refractivity contribution in [1.82, 2.24) is 15.3 Å². The highest BCUT2D eigenvalue weighted by molar-refractivity contribution is 6.08. The Labute approximate surface area is 175 Å². The van der Waals surface area contributed by atoms with Crippen molar-refractivity contribution in [3.05, 3.63) is 53.5 Å². The van der Waals surface area contributed by atoms with Crippen molar-refractivity contribution >= 4 is 40.4 Å². The minimum Gasteiger partial charge on any atom is -0.383 e. The van der Waals surface area contributed by atoms with Gasteiger partial charge in [0.05, 0.1) is 34.9 Å². The molecule has 0 aliphatic heterocycles. The molecule has 2 N–H and O–H groups in total. The molecule has 0 fully saturated rings. The lowest BCUT2D eigenvalue weighted by Crippen LogP contribution is -2.31. The van der Waals surface area contributed by atoms with E-state index in [0.29, 0.717) is 35.7 Å². The Hall–Kier alpha value is -3.52. The molecule has 8 nitrogen and oxygen atoms in total. The van der Waals surface area contributed by atoms with Gasteiger partial charge in [-0.3, -0.25) is 19.7 Å². The molecule has 0 bridgehead atoms. The van der Waals surface area contributed by atoms with Crippen LogP contribution in [0.5, 0.6) is 0 Å². The van der Waals surface area contributed by atoms with E-state index in [1.807, 2.05) is 45.0 Å². The maximum atomic E-state index is 12.3. The number of urea groups is 1. The molecule has 0 aliphatic rings. The molecule has 8 heteroatoms. The van der Waals surface area contributed by atoms with Crippen LogP contribution < -0.4 is 15.5 Å². The van der Waals surface area contributed by atoms with Crippen LogP contribution in [0, 0.1) is 20.8 Å². The van der Waals surface area contributed by atoms with Crippen molar-refractivity contribution in [2.24, 2.45) is 0 Å². The average Bonchev–Trinajstić information content (AvgIpc) is 2.73. The fourth-order valence-corrected chi connectivity index (χ4v) is 3.37. The number of aromatic nitrogens is 2. The second kappa shape index (κ2) is 9.32. The summed E-state index contributed by atoms with van der Waals surface area (Å²) in [6.07, 6.45) is 4.16. The monoisotopic (exact) mass is 407 g/mol. The van der Waals surface area contributed by atoms with Gasteiger partial charge in [-0.15, -0.1) is 0 Å². The Bertz CT molecular complexity index is 1060. The number of ether oxygens (including phenoxy) is 1. The van der Waals surface area contributed by atoms with Crippen molar-refractivity contribution < 1.29 is 14.3 Å². The first-order valence-electron chi connectivity index (χ1n) is 9.56. The predicted molar refractivity (Wildman–Crippen MR) is 117 cm³/mol. The highest BCUT2D eigenvalue weighted by Crippen LogP contribution is 2.36. The highest BCUT2D eigenvalue weighted by atomic mass is 16.5. The van der Waals surface area contributed by atoms with Gasteiger partial charge in [-0.25, -0.2) is 4.79 Å². The molecule has 0 radical (unpaired) electrons. The standard InChI is InChI=1S/C22H25N5O3/c1-14-8-9-23-16(3)21(14)27(13-28)18-7-5-6-17-19(15(2)12-25-20(17)18)26-22(29)24-10-11-30-4/h5-9,12-13H,10-11H2,1-4H3,(H2,24,25,26,29). The van der Waals surface area contributed by atoms with E-state index in [4.69, 9.17) is 4.74 Å². The molecule has 3 amide bonds. The number of pyridine rings is 2. The van der Waals surface area contributed by atoms with E-state index in [-0.39, 0.29) is 6.03 Å². The Kier molecular flexibility index (Phi) is 6.58. The number of para-hydroxylation sites is 1. The van der Waals surface area contributed by atoms with Crippen LogP contribution in [0.4, 0.5) is 21.9 Å². The molecular formula is C22H25N5O3. The summed E-state index contributed by atoms with van der Waals surface area (Å²) in [5.41, 5.74) is 5.05. The molecule has 3 rings (SSSR count). The molecule has 0 saturated heterocycles. The quantitative estimate of drug-likeness (QED) is 0.461. The second-order valence-electron chi connectivity index (χ2n) is 6.90. The summed E-state index contributed by atoms with van der Waals surface area (Å²) in [6, 6.07) is 7.06. The third-order valence-corrected chi connectivity index (χ3v) is 4.81. The van der Waals surface area contributed by atoms with Crippen LogP contribution in [0.15, 0.2) is 36.7 Å². The number of carbonyl (C=O) groups excluding carboxylic acids is 2. The maximum absolute atomic E-state index is 12.3. The number of hydrogen-bond acceptors (Lipinski definition) is 5. The van der Waals surface area contributed by atoms with Crippen LogP contribution in [0.1, 0.15) is 16.8 Å². The summed E-state index contributed by atoms with van der Waals surface area (Å²) in [6.45, 7) is 6.48. The van der Waals surface area contributed by atoms with Gasteiger partial charge < -0.3 is 15.4 Å². The molecule has 0 atom stereocenters. The van der Waals surface area contributed by atoms with Crippen LogP contribution in [-0.4, -0.2) is 42.7 Å². The molecule has 0 unspecified atom stereocenters. The van der Waals surface area contributed by atoms with Crippen LogP contribution in [0.25, 0.3) is 10.9 Å². The van der Waals surface area contributed by atoms with Gasteiger partial charge in [0.25, 0.3) is 0 Å². The van der Waals surface area contributed by atoms with E-state index < -0.39 is 0 Å². The maximum Gasteiger partial charge on any atom is 0.319 e. The molecule has 1 aromatic carbocycles. The zero-order valence-corrected chi connectivity index (χ0v) is 17.5. The van der Waals surface area contributed by atoms with Crippen molar-refractivity contribution in [2.75, 3.05) is 30.5 Å². The number of nitrogens with zero attached hydrogens (tertiary/aromatic N) is 3. The Morgan fingerprint density at radius 3 is 2.67 bits per heavy atom.